The molecule has 0 bridgehead atoms. The fraction of sp³-hybridized carbons (Fsp3) is 0.435. The van der Waals surface area contributed by atoms with Crippen molar-refractivity contribution in [3.05, 3.63) is 64.7 Å². The molecule has 1 saturated heterocycles. The van der Waals surface area contributed by atoms with E-state index in [1.54, 1.807) is 13.8 Å². The number of morpholine rings is 1. The molecule has 3 rings (SSSR count). The fourth-order valence-corrected chi connectivity index (χ4v) is 5.43. The van der Waals surface area contributed by atoms with Crippen LogP contribution < -0.4 is 5.32 Å². The highest BCUT2D eigenvalue weighted by Gasteiger charge is 2.25. The van der Waals surface area contributed by atoms with E-state index in [4.69, 9.17) is 16.3 Å². The van der Waals surface area contributed by atoms with Gasteiger partial charge in [0.25, 0.3) is 5.91 Å². The van der Waals surface area contributed by atoms with E-state index in [2.05, 4.69) is 22.3 Å². The van der Waals surface area contributed by atoms with Gasteiger partial charge in [-0.1, -0.05) is 55.8 Å². The van der Waals surface area contributed by atoms with E-state index in [0.717, 1.165) is 13.1 Å². The summed E-state index contributed by atoms with van der Waals surface area (Å²) in [5.74, 6) is -0.421. The molecule has 1 aliphatic heterocycles. The minimum atomic E-state index is -3.68. The van der Waals surface area contributed by atoms with Gasteiger partial charge in [0.1, 0.15) is 0 Å². The molecule has 1 aliphatic rings. The molecule has 174 valence electrons. The number of carbonyl (C=O) groups excluding carboxylic acids is 1. The summed E-state index contributed by atoms with van der Waals surface area (Å²) < 4.78 is 32.7. The summed E-state index contributed by atoms with van der Waals surface area (Å²) in [6, 6.07) is 14.4. The average Bonchev–Trinajstić information content (AvgIpc) is 2.79. The van der Waals surface area contributed by atoms with Crippen molar-refractivity contribution in [2.45, 2.75) is 31.4 Å². The zero-order valence-corrected chi connectivity index (χ0v) is 20.0. The lowest BCUT2D eigenvalue weighted by atomic mass is 10.1. The summed E-state index contributed by atoms with van der Waals surface area (Å²) in [6.45, 7) is 7.50. The van der Waals surface area contributed by atoms with Crippen molar-refractivity contribution < 1.29 is 17.9 Å². The van der Waals surface area contributed by atoms with E-state index in [1.807, 2.05) is 18.2 Å². The third-order valence-corrected chi connectivity index (χ3v) is 7.86. The molecule has 2 aromatic carbocycles. The summed E-state index contributed by atoms with van der Waals surface area (Å²) in [6.07, 6.45) is -0.155. The molecule has 0 aliphatic carbocycles. The Kier molecular flexibility index (Phi) is 8.67. The Morgan fingerprint density at radius 1 is 1.19 bits per heavy atom. The first-order valence-electron chi connectivity index (χ1n) is 10.8. The summed E-state index contributed by atoms with van der Waals surface area (Å²) in [5, 5.41) is 3.05. The van der Waals surface area contributed by atoms with Gasteiger partial charge in [-0.2, -0.15) is 4.31 Å². The quantitative estimate of drug-likeness (QED) is 0.598. The van der Waals surface area contributed by atoms with Crippen LogP contribution in [0, 0.1) is 0 Å². The molecule has 1 heterocycles. The van der Waals surface area contributed by atoms with Gasteiger partial charge in [0.15, 0.2) is 0 Å². The molecule has 1 atom stereocenters. The van der Waals surface area contributed by atoms with Crippen LogP contribution in [0.2, 0.25) is 5.02 Å². The summed E-state index contributed by atoms with van der Waals surface area (Å²) in [5.41, 5.74) is 1.37. The highest BCUT2D eigenvalue weighted by Crippen LogP contribution is 2.23. The highest BCUT2D eigenvalue weighted by atomic mass is 35.5. The van der Waals surface area contributed by atoms with Gasteiger partial charge in [-0.05, 0) is 23.8 Å². The van der Waals surface area contributed by atoms with Crippen LogP contribution in [-0.4, -0.2) is 69.0 Å². The van der Waals surface area contributed by atoms with Crippen molar-refractivity contribution in [2.75, 3.05) is 39.3 Å². The molecular formula is C23H30ClN3O4S. The van der Waals surface area contributed by atoms with Crippen LogP contribution in [0.25, 0.3) is 0 Å². The van der Waals surface area contributed by atoms with Crippen molar-refractivity contribution in [1.29, 1.82) is 0 Å². The first-order chi connectivity index (χ1) is 15.3. The first kappa shape index (κ1) is 24.7. The Morgan fingerprint density at radius 3 is 2.59 bits per heavy atom. The minimum Gasteiger partial charge on any atom is -0.374 e. The molecular weight excluding hydrogens is 450 g/mol. The molecule has 9 heteroatoms. The van der Waals surface area contributed by atoms with Crippen LogP contribution in [0.4, 0.5) is 0 Å². The normalized spacial score (nSPS) is 17.4. The monoisotopic (exact) mass is 479 g/mol. The lowest BCUT2D eigenvalue weighted by Gasteiger charge is -2.33. The Labute approximate surface area is 195 Å². The number of benzene rings is 2. The lowest BCUT2D eigenvalue weighted by molar-refractivity contribution is -0.0292. The van der Waals surface area contributed by atoms with Gasteiger partial charge in [0.05, 0.1) is 28.2 Å². The van der Waals surface area contributed by atoms with Crippen LogP contribution in [0.15, 0.2) is 53.4 Å². The molecule has 1 unspecified atom stereocenters. The second kappa shape index (κ2) is 11.2. The van der Waals surface area contributed by atoms with Crippen LogP contribution in [0.1, 0.15) is 29.8 Å². The second-order valence-electron chi connectivity index (χ2n) is 7.65. The lowest BCUT2D eigenvalue weighted by Crippen LogP contribution is -2.47. The number of sulfonamides is 1. The molecule has 1 fully saturated rings. The van der Waals surface area contributed by atoms with Crippen molar-refractivity contribution in [1.82, 2.24) is 14.5 Å². The largest absolute Gasteiger partial charge is 0.374 e. The number of halogens is 1. The van der Waals surface area contributed by atoms with E-state index in [0.29, 0.717) is 32.8 Å². The Balaban J connectivity index is 1.63. The third kappa shape index (κ3) is 6.08. The fourth-order valence-electron chi connectivity index (χ4n) is 3.74. The standard InChI is InChI=1S/C23H30ClN3O4S/c1-3-27(4-2)32(29,30)20-10-11-22(24)21(14-20)23(28)25-15-19-17-26(12-13-31-19)16-18-8-6-5-7-9-18/h5-11,14,19H,3-4,12-13,15-17H2,1-2H3,(H,25,28). The summed E-state index contributed by atoms with van der Waals surface area (Å²) in [4.78, 5) is 15.1. The zero-order chi connectivity index (χ0) is 23.1. The maximum Gasteiger partial charge on any atom is 0.252 e. The molecule has 0 saturated carbocycles. The van der Waals surface area contributed by atoms with Gasteiger partial charge >= 0.3 is 0 Å². The molecule has 0 aromatic heterocycles. The first-order valence-corrected chi connectivity index (χ1v) is 12.6. The number of hydrogen-bond donors (Lipinski definition) is 1. The maximum atomic E-state index is 12.8. The zero-order valence-electron chi connectivity index (χ0n) is 18.5. The predicted molar refractivity (Wildman–Crippen MR) is 125 cm³/mol. The number of carbonyl (C=O) groups is 1. The Bertz CT molecular complexity index is 1010. The smallest absolute Gasteiger partial charge is 0.252 e. The van der Waals surface area contributed by atoms with Crippen molar-refractivity contribution in [3.63, 3.8) is 0 Å². The number of rotatable bonds is 9. The topological polar surface area (TPSA) is 79.0 Å². The summed E-state index contributed by atoms with van der Waals surface area (Å²) >= 11 is 6.21. The predicted octanol–water partition coefficient (Wildman–Crippen LogP) is 3.00. The summed E-state index contributed by atoms with van der Waals surface area (Å²) in [7, 11) is -3.68. The van der Waals surface area contributed by atoms with Crippen molar-refractivity contribution >= 4 is 27.5 Å². The third-order valence-electron chi connectivity index (χ3n) is 5.49. The maximum absolute atomic E-state index is 12.8. The van der Waals surface area contributed by atoms with E-state index < -0.39 is 15.9 Å². The van der Waals surface area contributed by atoms with Crippen LogP contribution >= 0.6 is 11.6 Å². The van der Waals surface area contributed by atoms with E-state index in [9.17, 15) is 13.2 Å². The van der Waals surface area contributed by atoms with Crippen molar-refractivity contribution in [2.24, 2.45) is 0 Å². The average molecular weight is 480 g/mol. The van der Waals surface area contributed by atoms with Gasteiger partial charge in [-0.15, -0.1) is 0 Å². The minimum absolute atomic E-state index is 0.0544. The molecule has 7 nitrogen and oxygen atoms in total. The molecule has 0 radical (unpaired) electrons. The van der Waals surface area contributed by atoms with E-state index in [-0.39, 0.29) is 21.6 Å². The number of ether oxygens (including phenoxy) is 1. The number of nitrogens with zero attached hydrogens (tertiary/aromatic N) is 2. The van der Waals surface area contributed by atoms with Crippen LogP contribution in [-0.2, 0) is 21.3 Å². The number of nitrogens with one attached hydrogen (secondary N) is 1. The Hall–Kier alpha value is -1.97. The molecule has 0 spiro atoms. The Morgan fingerprint density at radius 2 is 1.91 bits per heavy atom. The molecule has 32 heavy (non-hydrogen) atoms. The van der Waals surface area contributed by atoms with Crippen molar-refractivity contribution in [3.8, 4) is 0 Å². The van der Waals surface area contributed by atoms with Crippen LogP contribution in [0.5, 0.6) is 0 Å². The van der Waals surface area contributed by atoms with Gasteiger partial charge in [-0.3, -0.25) is 9.69 Å². The van der Waals surface area contributed by atoms with Gasteiger partial charge < -0.3 is 10.1 Å². The number of amides is 1. The van der Waals surface area contributed by atoms with E-state index in [1.165, 1.54) is 28.1 Å². The van der Waals surface area contributed by atoms with Gasteiger partial charge in [-0.25, -0.2) is 8.42 Å². The molecule has 2 aromatic rings. The molecule has 1 amide bonds. The van der Waals surface area contributed by atoms with E-state index >= 15 is 0 Å². The second-order valence-corrected chi connectivity index (χ2v) is 10.00. The number of hydrogen-bond acceptors (Lipinski definition) is 5. The van der Waals surface area contributed by atoms with Crippen LogP contribution in [0.3, 0.4) is 0 Å². The SMILES string of the molecule is CCN(CC)S(=O)(=O)c1ccc(Cl)c(C(=O)NCC2CN(Cc3ccccc3)CCO2)c1. The highest BCUT2D eigenvalue weighted by molar-refractivity contribution is 7.89. The van der Waals surface area contributed by atoms with Gasteiger partial charge in [0, 0.05) is 39.3 Å². The van der Waals surface area contributed by atoms with Gasteiger partial charge in [0.2, 0.25) is 10.0 Å². The molecule has 1 N–H and O–H groups in total.